The van der Waals surface area contributed by atoms with E-state index in [0.29, 0.717) is 13.1 Å². The molecule has 1 aromatic heterocycles. The largest absolute Gasteiger partial charge is 0.388 e. The SMILES string of the molecule is CC(NCC(C)(O)CN(C)C)c1cscn1. The first-order valence-corrected chi connectivity index (χ1v) is 6.33. The monoisotopic (exact) mass is 243 g/mol. The molecule has 0 saturated carbocycles. The molecule has 2 N–H and O–H groups in total. The van der Waals surface area contributed by atoms with E-state index in [0.717, 1.165) is 5.69 Å². The zero-order valence-corrected chi connectivity index (χ0v) is 11.2. The van der Waals surface area contributed by atoms with Gasteiger partial charge in [-0.1, -0.05) is 0 Å². The summed E-state index contributed by atoms with van der Waals surface area (Å²) in [6.45, 7) is 5.10. The van der Waals surface area contributed by atoms with Crippen LogP contribution in [0.3, 0.4) is 0 Å². The molecule has 5 heteroatoms. The van der Waals surface area contributed by atoms with Crippen molar-refractivity contribution in [1.29, 1.82) is 0 Å². The number of thiazole rings is 1. The first-order chi connectivity index (χ1) is 7.41. The van der Waals surface area contributed by atoms with E-state index in [1.54, 1.807) is 11.3 Å². The first kappa shape index (κ1) is 13.6. The highest BCUT2D eigenvalue weighted by atomic mass is 32.1. The highest BCUT2D eigenvalue weighted by Crippen LogP contribution is 2.13. The lowest BCUT2D eigenvalue weighted by Gasteiger charge is -2.28. The smallest absolute Gasteiger partial charge is 0.0869 e. The van der Waals surface area contributed by atoms with Crippen molar-refractivity contribution < 1.29 is 5.11 Å². The van der Waals surface area contributed by atoms with Crippen LogP contribution in [-0.4, -0.2) is 47.8 Å². The normalized spacial score (nSPS) is 17.4. The zero-order valence-electron chi connectivity index (χ0n) is 10.4. The highest BCUT2D eigenvalue weighted by molar-refractivity contribution is 7.07. The summed E-state index contributed by atoms with van der Waals surface area (Å²) in [5.41, 5.74) is 2.14. The van der Waals surface area contributed by atoms with E-state index in [9.17, 15) is 5.11 Å². The Hall–Kier alpha value is -0.490. The lowest BCUT2D eigenvalue weighted by atomic mass is 10.1. The fraction of sp³-hybridized carbons (Fsp3) is 0.727. The van der Waals surface area contributed by atoms with Crippen LogP contribution in [0, 0.1) is 0 Å². The Kier molecular flexibility index (Phi) is 4.86. The van der Waals surface area contributed by atoms with E-state index in [1.165, 1.54) is 0 Å². The number of likely N-dealkylation sites (N-methyl/N-ethyl adjacent to an activating group) is 1. The second kappa shape index (κ2) is 5.72. The minimum absolute atomic E-state index is 0.180. The fourth-order valence-corrected chi connectivity index (χ4v) is 2.30. The Bertz CT molecular complexity index is 298. The molecule has 1 rings (SSSR count). The van der Waals surface area contributed by atoms with Gasteiger partial charge in [-0.2, -0.15) is 0 Å². The molecule has 0 radical (unpaired) electrons. The summed E-state index contributed by atoms with van der Waals surface area (Å²) in [5.74, 6) is 0. The number of hydrogen-bond donors (Lipinski definition) is 2. The summed E-state index contributed by atoms with van der Waals surface area (Å²) in [6.07, 6.45) is 0. The molecular weight excluding hydrogens is 222 g/mol. The van der Waals surface area contributed by atoms with Crippen LogP contribution in [-0.2, 0) is 0 Å². The van der Waals surface area contributed by atoms with E-state index >= 15 is 0 Å². The van der Waals surface area contributed by atoms with Crippen molar-refractivity contribution in [3.05, 3.63) is 16.6 Å². The fourth-order valence-electron chi connectivity index (χ4n) is 1.65. The second-order valence-electron chi connectivity index (χ2n) is 4.75. The minimum Gasteiger partial charge on any atom is -0.388 e. The van der Waals surface area contributed by atoms with Crippen LogP contribution in [0.2, 0.25) is 0 Å². The van der Waals surface area contributed by atoms with Crippen molar-refractivity contribution in [2.45, 2.75) is 25.5 Å². The molecule has 0 spiro atoms. The van der Waals surface area contributed by atoms with Gasteiger partial charge in [0.15, 0.2) is 0 Å². The van der Waals surface area contributed by atoms with Crippen molar-refractivity contribution in [3.8, 4) is 0 Å². The van der Waals surface area contributed by atoms with E-state index in [-0.39, 0.29) is 6.04 Å². The van der Waals surface area contributed by atoms with Gasteiger partial charge in [-0.15, -0.1) is 11.3 Å². The van der Waals surface area contributed by atoms with Crippen molar-refractivity contribution >= 4 is 11.3 Å². The van der Waals surface area contributed by atoms with Gasteiger partial charge in [-0.05, 0) is 27.9 Å². The van der Waals surface area contributed by atoms with E-state index in [4.69, 9.17) is 0 Å². The Morgan fingerprint density at radius 2 is 2.31 bits per heavy atom. The molecule has 0 aliphatic heterocycles. The number of aliphatic hydroxyl groups is 1. The third-order valence-corrected chi connectivity index (χ3v) is 2.95. The predicted molar refractivity (Wildman–Crippen MR) is 67.7 cm³/mol. The Morgan fingerprint density at radius 1 is 1.62 bits per heavy atom. The minimum atomic E-state index is -0.715. The number of aromatic nitrogens is 1. The van der Waals surface area contributed by atoms with Gasteiger partial charge in [0.05, 0.1) is 16.8 Å². The van der Waals surface area contributed by atoms with Crippen LogP contribution in [0.15, 0.2) is 10.9 Å². The van der Waals surface area contributed by atoms with E-state index in [2.05, 4.69) is 17.2 Å². The van der Waals surface area contributed by atoms with Gasteiger partial charge in [-0.3, -0.25) is 0 Å². The maximum Gasteiger partial charge on any atom is 0.0869 e. The van der Waals surface area contributed by atoms with E-state index < -0.39 is 5.60 Å². The topological polar surface area (TPSA) is 48.4 Å². The van der Waals surface area contributed by atoms with Crippen LogP contribution < -0.4 is 5.32 Å². The van der Waals surface area contributed by atoms with Gasteiger partial charge >= 0.3 is 0 Å². The molecule has 0 aliphatic rings. The quantitative estimate of drug-likeness (QED) is 0.786. The summed E-state index contributed by atoms with van der Waals surface area (Å²) in [6, 6.07) is 0.180. The highest BCUT2D eigenvalue weighted by Gasteiger charge is 2.22. The maximum atomic E-state index is 10.1. The van der Waals surface area contributed by atoms with Gasteiger partial charge in [0.1, 0.15) is 0 Å². The molecule has 0 bridgehead atoms. The molecule has 2 unspecified atom stereocenters. The van der Waals surface area contributed by atoms with Crippen molar-refractivity contribution in [2.75, 3.05) is 27.2 Å². The van der Waals surface area contributed by atoms with Gasteiger partial charge in [-0.25, -0.2) is 4.98 Å². The van der Waals surface area contributed by atoms with Crippen LogP contribution in [0.1, 0.15) is 25.6 Å². The summed E-state index contributed by atoms with van der Waals surface area (Å²) < 4.78 is 0. The molecule has 4 nitrogen and oxygen atoms in total. The summed E-state index contributed by atoms with van der Waals surface area (Å²) in [5, 5.41) is 15.4. The lowest BCUT2D eigenvalue weighted by molar-refractivity contribution is 0.0316. The van der Waals surface area contributed by atoms with Crippen LogP contribution in [0.25, 0.3) is 0 Å². The zero-order chi connectivity index (χ0) is 12.2. The number of rotatable bonds is 6. The molecule has 0 fully saturated rings. The molecule has 0 saturated heterocycles. The second-order valence-corrected chi connectivity index (χ2v) is 5.47. The Morgan fingerprint density at radius 3 is 2.81 bits per heavy atom. The van der Waals surface area contributed by atoms with Crippen LogP contribution in [0.5, 0.6) is 0 Å². The molecular formula is C11H21N3OS. The summed E-state index contributed by atoms with van der Waals surface area (Å²) >= 11 is 1.59. The van der Waals surface area contributed by atoms with Crippen molar-refractivity contribution in [3.63, 3.8) is 0 Å². The van der Waals surface area contributed by atoms with Crippen molar-refractivity contribution in [2.24, 2.45) is 0 Å². The first-order valence-electron chi connectivity index (χ1n) is 5.39. The molecule has 16 heavy (non-hydrogen) atoms. The Balaban J connectivity index is 2.39. The van der Waals surface area contributed by atoms with Crippen LogP contribution in [0.4, 0.5) is 0 Å². The van der Waals surface area contributed by atoms with E-state index in [1.807, 2.05) is 36.8 Å². The molecule has 92 valence electrons. The molecule has 0 amide bonds. The number of nitrogens with one attached hydrogen (secondary N) is 1. The van der Waals surface area contributed by atoms with Gasteiger partial charge in [0.2, 0.25) is 0 Å². The van der Waals surface area contributed by atoms with Gasteiger partial charge in [0, 0.05) is 24.5 Å². The maximum absolute atomic E-state index is 10.1. The van der Waals surface area contributed by atoms with Gasteiger partial charge < -0.3 is 15.3 Å². The Labute approximate surface area is 101 Å². The van der Waals surface area contributed by atoms with Gasteiger partial charge in [0.25, 0.3) is 0 Å². The molecule has 1 heterocycles. The standard InChI is InChI=1S/C11H21N3OS/c1-9(10-5-16-8-13-10)12-6-11(2,15)7-14(3)4/h5,8-9,12,15H,6-7H2,1-4H3. The third kappa shape index (κ3) is 4.57. The average molecular weight is 243 g/mol. The average Bonchev–Trinajstić information content (AvgIpc) is 2.64. The summed E-state index contributed by atoms with van der Waals surface area (Å²) in [4.78, 5) is 6.22. The lowest BCUT2D eigenvalue weighted by Crippen LogP contribution is -2.46. The third-order valence-electron chi connectivity index (χ3n) is 2.34. The molecule has 1 aromatic rings. The molecule has 0 aromatic carbocycles. The predicted octanol–water partition coefficient (Wildman–Crippen LogP) is 1.11. The molecule has 0 aliphatic carbocycles. The summed E-state index contributed by atoms with van der Waals surface area (Å²) in [7, 11) is 3.91. The van der Waals surface area contributed by atoms with Crippen molar-refractivity contribution in [1.82, 2.24) is 15.2 Å². The number of hydrogen-bond acceptors (Lipinski definition) is 5. The molecule has 2 atom stereocenters. The van der Waals surface area contributed by atoms with Crippen LogP contribution >= 0.6 is 11.3 Å². The number of nitrogens with zero attached hydrogens (tertiary/aromatic N) is 2.